The molecule has 2 heterocycles. The Morgan fingerprint density at radius 2 is 1.84 bits per heavy atom. The molecule has 0 bridgehead atoms. The summed E-state index contributed by atoms with van der Waals surface area (Å²) in [5.41, 5.74) is 2.42. The van der Waals surface area contributed by atoms with E-state index in [2.05, 4.69) is 36.9 Å². The normalized spacial score (nSPS) is 22.5. The fraction of sp³-hybridized carbons (Fsp3) is 0.538. The predicted octanol–water partition coefficient (Wildman–Crippen LogP) is 6.69. The Morgan fingerprint density at radius 1 is 1.10 bits per heavy atom. The maximum absolute atomic E-state index is 13.2. The number of aliphatic hydroxyl groups excluding tert-OH is 1. The molecule has 1 fully saturated rings. The van der Waals surface area contributed by atoms with E-state index in [0.29, 0.717) is 6.04 Å². The van der Waals surface area contributed by atoms with Gasteiger partial charge in [0, 0.05) is 12.1 Å². The van der Waals surface area contributed by atoms with Gasteiger partial charge in [-0.3, -0.25) is 4.90 Å². The molecule has 1 saturated heterocycles. The first-order valence-electron chi connectivity index (χ1n) is 11.7. The average molecular weight is 444 g/mol. The zero-order valence-corrected chi connectivity index (χ0v) is 19.5. The van der Waals surface area contributed by atoms with Gasteiger partial charge in [-0.15, -0.1) is 0 Å². The van der Waals surface area contributed by atoms with Gasteiger partial charge in [0.1, 0.15) is 11.6 Å². The molecule has 2 atom stereocenters. The molecule has 1 N–H and O–H groups in total. The van der Waals surface area contributed by atoms with Crippen LogP contribution in [0.15, 0.2) is 47.4 Å². The van der Waals surface area contributed by atoms with Gasteiger partial charge in [0.15, 0.2) is 4.93 Å². The smallest absolute Gasteiger partial charge is 0.159 e. The van der Waals surface area contributed by atoms with Crippen LogP contribution < -0.4 is 4.74 Å². The van der Waals surface area contributed by atoms with Crippen molar-refractivity contribution in [1.29, 1.82) is 0 Å². The zero-order chi connectivity index (χ0) is 21.8. The second kappa shape index (κ2) is 9.93. The summed E-state index contributed by atoms with van der Waals surface area (Å²) in [4.78, 5) is 3.36. The molecular formula is C26H34FNO2S. The fourth-order valence-corrected chi connectivity index (χ4v) is 6.76. The highest BCUT2D eigenvalue weighted by Crippen LogP contribution is 2.53. The number of benzene rings is 2. The molecule has 0 spiro atoms. The Hall–Kier alpha value is -1.56. The molecule has 4 rings (SSSR count). The van der Waals surface area contributed by atoms with Gasteiger partial charge in [-0.2, -0.15) is 0 Å². The average Bonchev–Trinajstić information content (AvgIpc) is 3.33. The standard InChI is InChI=1S/C26H34FNO2S/c1-3-15-26(16-4-2)30-24-14-8-20(17-25(24)31-26)23-13-12-22(28(23)18-29)11-7-19-5-9-21(27)10-6-19/h5-6,8-10,14,17,22-23,29H,3-4,7,11-13,15-16,18H2,1-2H3. The van der Waals surface area contributed by atoms with Crippen molar-refractivity contribution in [3.05, 3.63) is 59.4 Å². The Bertz CT molecular complexity index is 866. The molecule has 2 aromatic rings. The van der Waals surface area contributed by atoms with Crippen LogP contribution in [-0.4, -0.2) is 27.7 Å². The molecule has 5 heteroatoms. The zero-order valence-electron chi connectivity index (χ0n) is 18.6. The fourth-order valence-electron chi connectivity index (χ4n) is 5.21. The van der Waals surface area contributed by atoms with Crippen LogP contribution in [0.1, 0.15) is 76.0 Å². The summed E-state index contributed by atoms with van der Waals surface area (Å²) in [7, 11) is 0. The number of ether oxygens (including phenoxy) is 1. The lowest BCUT2D eigenvalue weighted by Gasteiger charge is -2.28. The van der Waals surface area contributed by atoms with Crippen molar-refractivity contribution in [2.75, 3.05) is 6.73 Å². The Morgan fingerprint density at radius 3 is 2.52 bits per heavy atom. The molecule has 2 aliphatic rings. The van der Waals surface area contributed by atoms with Gasteiger partial charge in [-0.25, -0.2) is 4.39 Å². The molecular weight excluding hydrogens is 409 g/mol. The second-order valence-electron chi connectivity index (χ2n) is 8.89. The van der Waals surface area contributed by atoms with Crippen LogP contribution in [0.4, 0.5) is 4.39 Å². The van der Waals surface area contributed by atoms with Crippen molar-refractivity contribution in [3.8, 4) is 5.75 Å². The lowest BCUT2D eigenvalue weighted by Crippen LogP contribution is -2.32. The third kappa shape index (κ3) is 4.94. The highest BCUT2D eigenvalue weighted by Gasteiger charge is 2.40. The van der Waals surface area contributed by atoms with Gasteiger partial charge in [-0.1, -0.05) is 56.7 Å². The van der Waals surface area contributed by atoms with E-state index in [1.165, 1.54) is 22.6 Å². The van der Waals surface area contributed by atoms with Crippen molar-refractivity contribution < 1.29 is 14.2 Å². The van der Waals surface area contributed by atoms with Gasteiger partial charge in [0.2, 0.25) is 0 Å². The minimum atomic E-state index is -0.193. The Balaban J connectivity index is 1.45. The summed E-state index contributed by atoms with van der Waals surface area (Å²) in [6.07, 6.45) is 8.35. The van der Waals surface area contributed by atoms with Crippen LogP contribution in [0.5, 0.6) is 5.75 Å². The number of hydrogen-bond donors (Lipinski definition) is 1. The molecule has 0 saturated carbocycles. The molecule has 0 radical (unpaired) electrons. The van der Waals surface area contributed by atoms with Gasteiger partial charge < -0.3 is 9.84 Å². The van der Waals surface area contributed by atoms with E-state index in [1.807, 2.05) is 23.9 Å². The molecule has 3 nitrogen and oxygen atoms in total. The number of hydrogen-bond acceptors (Lipinski definition) is 4. The second-order valence-corrected chi connectivity index (χ2v) is 10.3. The third-order valence-corrected chi connectivity index (χ3v) is 8.09. The SMILES string of the molecule is CCCC1(CCC)Oc2ccc(C3CCC(CCc4ccc(F)cc4)N3CO)cc2S1. The van der Waals surface area contributed by atoms with Gasteiger partial charge in [0.25, 0.3) is 0 Å². The number of rotatable bonds is 9. The number of thioether (sulfide) groups is 1. The van der Waals surface area contributed by atoms with E-state index >= 15 is 0 Å². The van der Waals surface area contributed by atoms with Crippen LogP contribution in [-0.2, 0) is 6.42 Å². The highest BCUT2D eigenvalue weighted by atomic mass is 32.2. The van der Waals surface area contributed by atoms with Crippen LogP contribution in [0.3, 0.4) is 0 Å². The monoisotopic (exact) mass is 443 g/mol. The summed E-state index contributed by atoms with van der Waals surface area (Å²) in [6.45, 7) is 4.51. The van der Waals surface area contributed by atoms with Crippen LogP contribution in [0.2, 0.25) is 0 Å². The number of likely N-dealkylation sites (tertiary alicyclic amines) is 1. The van der Waals surface area contributed by atoms with Crippen molar-refractivity contribution >= 4 is 11.8 Å². The van der Waals surface area contributed by atoms with Gasteiger partial charge in [-0.05, 0) is 73.9 Å². The van der Waals surface area contributed by atoms with E-state index in [9.17, 15) is 9.50 Å². The molecule has 168 valence electrons. The first kappa shape index (κ1) is 22.6. The van der Waals surface area contributed by atoms with Crippen molar-refractivity contribution in [2.45, 2.75) is 87.1 Å². The molecule has 2 unspecified atom stereocenters. The Labute approximate surface area is 190 Å². The number of halogens is 1. The minimum Gasteiger partial charge on any atom is -0.475 e. The van der Waals surface area contributed by atoms with Crippen molar-refractivity contribution in [2.24, 2.45) is 0 Å². The van der Waals surface area contributed by atoms with Crippen LogP contribution in [0.25, 0.3) is 0 Å². The number of fused-ring (bicyclic) bond motifs is 1. The van der Waals surface area contributed by atoms with Crippen LogP contribution in [0, 0.1) is 5.82 Å². The number of aliphatic hydroxyl groups is 1. The minimum absolute atomic E-state index is 0.0646. The number of nitrogens with zero attached hydrogens (tertiary/aromatic N) is 1. The molecule has 2 aliphatic heterocycles. The van der Waals surface area contributed by atoms with E-state index in [1.54, 1.807) is 0 Å². The topological polar surface area (TPSA) is 32.7 Å². The van der Waals surface area contributed by atoms with Gasteiger partial charge >= 0.3 is 0 Å². The van der Waals surface area contributed by atoms with Gasteiger partial charge in [0.05, 0.1) is 11.6 Å². The molecule has 0 aromatic heterocycles. The summed E-state index contributed by atoms with van der Waals surface area (Å²) < 4.78 is 19.6. The third-order valence-electron chi connectivity index (χ3n) is 6.69. The first-order chi connectivity index (χ1) is 15.1. The molecule has 2 aromatic carbocycles. The van der Waals surface area contributed by atoms with E-state index in [4.69, 9.17) is 4.74 Å². The molecule has 31 heavy (non-hydrogen) atoms. The lowest BCUT2D eigenvalue weighted by atomic mass is 10.0. The summed E-state index contributed by atoms with van der Waals surface area (Å²) in [5, 5.41) is 10.2. The summed E-state index contributed by atoms with van der Waals surface area (Å²) >= 11 is 1.89. The first-order valence-corrected chi connectivity index (χ1v) is 12.5. The Kier molecular flexibility index (Phi) is 7.25. The van der Waals surface area contributed by atoms with E-state index < -0.39 is 0 Å². The van der Waals surface area contributed by atoms with Crippen molar-refractivity contribution in [1.82, 2.24) is 4.90 Å². The molecule has 0 amide bonds. The maximum atomic E-state index is 13.2. The lowest BCUT2D eigenvalue weighted by molar-refractivity contribution is 0.0596. The maximum Gasteiger partial charge on any atom is 0.159 e. The largest absolute Gasteiger partial charge is 0.475 e. The van der Waals surface area contributed by atoms with Crippen LogP contribution >= 0.6 is 11.8 Å². The van der Waals surface area contributed by atoms with E-state index in [0.717, 1.165) is 62.7 Å². The van der Waals surface area contributed by atoms with Crippen molar-refractivity contribution in [3.63, 3.8) is 0 Å². The number of aryl methyl sites for hydroxylation is 1. The van der Waals surface area contributed by atoms with E-state index in [-0.39, 0.29) is 23.5 Å². The molecule has 0 aliphatic carbocycles. The predicted molar refractivity (Wildman–Crippen MR) is 125 cm³/mol. The summed E-state index contributed by atoms with van der Waals surface area (Å²) in [5.74, 6) is 0.819. The quantitative estimate of drug-likeness (QED) is 0.468. The summed E-state index contributed by atoms with van der Waals surface area (Å²) in [6, 6.07) is 14.0. The highest BCUT2D eigenvalue weighted by molar-refractivity contribution is 8.00.